The van der Waals surface area contributed by atoms with Crippen LogP contribution in [0.3, 0.4) is 0 Å². The molecule has 0 unspecified atom stereocenters. The number of hydrogen-bond donors (Lipinski definition) is 0. The SMILES string of the molecule is C=C(C)C(=O)OCCCc1cc(-c2ccc(C3CCC(CCCCC)CC3)cc2F)ccc1OCC(COC(=O)CC(=O)OC(=O)C(=C)C)(COC(=O)CC(=O)OC(=O)C(=C)C)COC(=O)C(=C)C. The fraction of sp³-hybridized carbons (Fsp3) is 0.472. The molecule has 69 heavy (non-hydrogen) atoms. The van der Waals surface area contributed by atoms with Gasteiger partial charge in [0.1, 0.15) is 56.3 Å². The molecule has 1 aliphatic rings. The van der Waals surface area contributed by atoms with Crippen molar-refractivity contribution in [2.45, 2.75) is 118 Å². The van der Waals surface area contributed by atoms with Gasteiger partial charge in [0, 0.05) is 27.9 Å². The van der Waals surface area contributed by atoms with Gasteiger partial charge in [-0.3, -0.25) is 19.2 Å². The summed E-state index contributed by atoms with van der Waals surface area (Å²) in [6.07, 6.45) is 7.55. The van der Waals surface area contributed by atoms with Crippen molar-refractivity contribution in [1.29, 1.82) is 0 Å². The number of rotatable bonds is 27. The first-order valence-electron chi connectivity index (χ1n) is 23.0. The Morgan fingerprint density at radius 1 is 0.609 bits per heavy atom. The van der Waals surface area contributed by atoms with E-state index >= 15 is 4.39 Å². The highest BCUT2D eigenvalue weighted by Crippen LogP contribution is 2.39. The predicted molar refractivity (Wildman–Crippen MR) is 251 cm³/mol. The summed E-state index contributed by atoms with van der Waals surface area (Å²) in [5, 5.41) is 0. The van der Waals surface area contributed by atoms with Gasteiger partial charge < -0.3 is 33.2 Å². The number of benzene rings is 2. The molecule has 0 radical (unpaired) electrons. The first-order chi connectivity index (χ1) is 32.6. The molecule has 15 nitrogen and oxygen atoms in total. The number of aryl methyl sites for hydroxylation is 1. The Hall–Kier alpha value is -6.71. The topological polar surface area (TPSA) is 201 Å². The maximum atomic E-state index is 16.1. The molecular weight excluding hydrogens is 896 g/mol. The summed E-state index contributed by atoms with van der Waals surface area (Å²) in [6.45, 7) is 18.9. The van der Waals surface area contributed by atoms with Crippen molar-refractivity contribution in [3.8, 4) is 16.9 Å². The van der Waals surface area contributed by atoms with E-state index in [1.807, 2.05) is 6.07 Å². The summed E-state index contributed by atoms with van der Waals surface area (Å²) in [6, 6.07) is 10.2. The van der Waals surface area contributed by atoms with E-state index in [4.69, 9.17) is 23.7 Å². The number of esters is 8. The predicted octanol–water partition coefficient (Wildman–Crippen LogP) is 9.04. The number of carbonyl (C=O) groups is 8. The molecule has 0 atom stereocenters. The minimum Gasteiger partial charge on any atom is -0.492 e. The molecule has 0 aromatic heterocycles. The molecule has 0 bridgehead atoms. The van der Waals surface area contributed by atoms with E-state index in [2.05, 4.69) is 42.7 Å². The molecule has 1 fully saturated rings. The summed E-state index contributed by atoms with van der Waals surface area (Å²) in [4.78, 5) is 99.3. The lowest BCUT2D eigenvalue weighted by Gasteiger charge is -2.32. The van der Waals surface area contributed by atoms with Crippen LogP contribution in [0.2, 0.25) is 0 Å². The smallest absolute Gasteiger partial charge is 0.340 e. The van der Waals surface area contributed by atoms with Crippen LogP contribution in [0.15, 0.2) is 85.0 Å². The van der Waals surface area contributed by atoms with Gasteiger partial charge in [0.2, 0.25) is 0 Å². The normalized spacial score (nSPS) is 14.3. The van der Waals surface area contributed by atoms with Gasteiger partial charge in [-0.2, -0.15) is 0 Å². The highest BCUT2D eigenvalue weighted by molar-refractivity contribution is 6.01. The van der Waals surface area contributed by atoms with Gasteiger partial charge in [0.25, 0.3) is 0 Å². The second kappa shape index (κ2) is 27.9. The van der Waals surface area contributed by atoms with Crippen LogP contribution in [0.1, 0.15) is 122 Å². The first kappa shape index (κ1) is 56.6. The molecule has 374 valence electrons. The van der Waals surface area contributed by atoms with Gasteiger partial charge in [-0.25, -0.2) is 23.6 Å². The summed E-state index contributed by atoms with van der Waals surface area (Å²) >= 11 is 0. The van der Waals surface area contributed by atoms with Crippen molar-refractivity contribution in [2.75, 3.05) is 33.0 Å². The van der Waals surface area contributed by atoms with Crippen LogP contribution in [0.25, 0.3) is 11.1 Å². The minimum atomic E-state index is -1.80. The van der Waals surface area contributed by atoms with E-state index in [-0.39, 0.29) is 53.4 Å². The Kier molecular flexibility index (Phi) is 22.9. The Morgan fingerprint density at radius 3 is 1.67 bits per heavy atom. The highest BCUT2D eigenvalue weighted by atomic mass is 19.1. The van der Waals surface area contributed by atoms with Gasteiger partial charge in [0.05, 0.1) is 6.61 Å². The van der Waals surface area contributed by atoms with Crippen molar-refractivity contribution in [3.63, 3.8) is 0 Å². The molecule has 0 amide bonds. The molecule has 0 N–H and O–H groups in total. The summed E-state index contributed by atoms with van der Waals surface area (Å²) in [7, 11) is 0. The van der Waals surface area contributed by atoms with Gasteiger partial charge in [-0.1, -0.05) is 77.1 Å². The van der Waals surface area contributed by atoms with Crippen molar-refractivity contribution < 1.29 is 75.9 Å². The van der Waals surface area contributed by atoms with Crippen molar-refractivity contribution in [2.24, 2.45) is 11.3 Å². The lowest BCUT2D eigenvalue weighted by atomic mass is 9.77. The molecule has 0 heterocycles. The quantitative estimate of drug-likeness (QED) is 0.0270. The maximum Gasteiger partial charge on any atom is 0.340 e. The van der Waals surface area contributed by atoms with Gasteiger partial charge in [-0.05, 0) is 113 Å². The monoisotopic (exact) mass is 960 g/mol. The number of carbonyl (C=O) groups excluding carboxylic acids is 8. The number of ether oxygens (including phenoxy) is 7. The van der Waals surface area contributed by atoms with Crippen molar-refractivity contribution >= 4 is 47.8 Å². The molecule has 2 aromatic carbocycles. The zero-order valence-electron chi connectivity index (χ0n) is 40.5. The lowest BCUT2D eigenvalue weighted by Crippen LogP contribution is -2.44. The molecule has 1 saturated carbocycles. The van der Waals surface area contributed by atoms with Gasteiger partial charge in [0.15, 0.2) is 0 Å². The average molecular weight is 961 g/mol. The fourth-order valence-corrected chi connectivity index (χ4v) is 7.20. The Labute approximate surface area is 403 Å². The van der Waals surface area contributed by atoms with Crippen molar-refractivity contribution in [1.82, 2.24) is 0 Å². The van der Waals surface area contributed by atoms with E-state index in [1.54, 1.807) is 30.3 Å². The zero-order chi connectivity index (χ0) is 51.3. The third kappa shape index (κ3) is 19.4. The molecule has 0 aliphatic heterocycles. The van der Waals surface area contributed by atoms with Crippen molar-refractivity contribution in [3.05, 3.63) is 102 Å². The van der Waals surface area contributed by atoms with Gasteiger partial charge >= 0.3 is 47.8 Å². The standard InChI is InChI=1S/C53H65FO15/c1-10-11-12-14-37-16-18-38(19-17-37)39-20-22-42(43(54)26-39)40-21-23-44(41(25-40)15-13-24-63-49(59)33(2)3)64-29-53(32-67-50(60)34(4)5,30-65-45(55)27-47(57)68-51(61)35(6)7)31-66-46(56)28-48(58)69-52(62)36(8)9/h20-23,25-26,37-38H,2,4,6,8,10-19,24,27-32H2,1,3,5,7,9H3. The largest absolute Gasteiger partial charge is 0.492 e. The van der Waals surface area contributed by atoms with Crippen LogP contribution in [0, 0.1) is 17.2 Å². The lowest BCUT2D eigenvalue weighted by molar-refractivity contribution is -0.166. The molecule has 1 aliphatic carbocycles. The molecule has 2 aromatic rings. The molecule has 3 rings (SSSR count). The Balaban J connectivity index is 2.00. The third-order valence-corrected chi connectivity index (χ3v) is 11.2. The van der Waals surface area contributed by atoms with E-state index in [0.717, 1.165) is 31.2 Å². The molecule has 0 saturated heterocycles. The van der Waals surface area contributed by atoms with Crippen LogP contribution in [0.4, 0.5) is 4.39 Å². The molecular formula is C53H65FO15. The van der Waals surface area contributed by atoms with Gasteiger partial charge in [-0.15, -0.1) is 0 Å². The van der Waals surface area contributed by atoms with Crippen LogP contribution < -0.4 is 4.74 Å². The number of halogens is 1. The van der Waals surface area contributed by atoms with Crippen LogP contribution >= 0.6 is 0 Å². The van der Waals surface area contributed by atoms with E-state index in [0.29, 0.717) is 22.6 Å². The zero-order valence-corrected chi connectivity index (χ0v) is 40.5. The second-order valence-electron chi connectivity index (χ2n) is 17.7. The fourth-order valence-electron chi connectivity index (χ4n) is 7.20. The summed E-state index contributed by atoms with van der Waals surface area (Å²) in [5.41, 5.74) is 0.483. The highest BCUT2D eigenvalue weighted by Gasteiger charge is 2.38. The Bertz CT molecular complexity index is 2210. The average Bonchev–Trinajstić information content (AvgIpc) is 3.29. The molecule has 0 spiro atoms. The Morgan fingerprint density at radius 2 is 1.14 bits per heavy atom. The minimum absolute atomic E-state index is 0.00718. The van der Waals surface area contributed by atoms with E-state index < -0.39 is 98.3 Å². The first-order valence-corrected chi connectivity index (χ1v) is 23.0. The van der Waals surface area contributed by atoms with Crippen LogP contribution in [0.5, 0.6) is 5.75 Å². The molecule has 16 heteroatoms. The maximum absolute atomic E-state index is 16.1. The summed E-state index contributed by atoms with van der Waals surface area (Å²) < 4.78 is 53.2. The number of unbranched alkanes of at least 4 members (excludes halogenated alkanes) is 2. The number of hydrogen-bond acceptors (Lipinski definition) is 15. The van der Waals surface area contributed by atoms with Crippen LogP contribution in [-0.4, -0.2) is 80.8 Å². The van der Waals surface area contributed by atoms with E-state index in [9.17, 15) is 38.4 Å². The second-order valence-corrected chi connectivity index (χ2v) is 17.7. The third-order valence-electron chi connectivity index (χ3n) is 11.2. The summed E-state index contributed by atoms with van der Waals surface area (Å²) in [5.74, 6) is -7.78. The van der Waals surface area contributed by atoms with E-state index in [1.165, 1.54) is 53.4 Å². The van der Waals surface area contributed by atoms with Crippen LogP contribution in [-0.2, 0) is 73.2 Å².